The van der Waals surface area contributed by atoms with E-state index in [-0.39, 0.29) is 23.8 Å². The van der Waals surface area contributed by atoms with Crippen LogP contribution < -0.4 is 11.1 Å². The fourth-order valence-electron chi connectivity index (χ4n) is 2.09. The monoisotopic (exact) mass is 348 g/mol. The normalized spacial score (nSPS) is 23.7. The van der Waals surface area contributed by atoms with Gasteiger partial charge in [-0.15, -0.1) is 0 Å². The second-order valence-corrected chi connectivity index (χ2v) is 5.46. The van der Waals surface area contributed by atoms with Crippen molar-refractivity contribution in [3.05, 3.63) is 33.1 Å². The van der Waals surface area contributed by atoms with Crippen molar-refractivity contribution >= 4 is 28.5 Å². The maximum absolute atomic E-state index is 12.9. The number of hydrogen-bond donors (Lipinski definition) is 2. The van der Waals surface area contributed by atoms with Crippen LogP contribution in [0.1, 0.15) is 29.6 Å². The minimum Gasteiger partial charge on any atom is -0.348 e. The highest BCUT2D eigenvalue weighted by Crippen LogP contribution is 2.19. The second-order valence-electron chi connectivity index (χ2n) is 4.30. The van der Waals surface area contributed by atoms with Gasteiger partial charge in [-0.2, -0.15) is 0 Å². The number of halogens is 2. The van der Waals surface area contributed by atoms with E-state index in [0.29, 0.717) is 9.13 Å². The Morgan fingerprint density at radius 1 is 1.47 bits per heavy atom. The maximum atomic E-state index is 12.9. The van der Waals surface area contributed by atoms with Crippen molar-refractivity contribution in [2.24, 2.45) is 5.73 Å². The van der Waals surface area contributed by atoms with Gasteiger partial charge in [0.25, 0.3) is 5.91 Å². The number of carbonyl (C=O) groups is 1. The lowest BCUT2D eigenvalue weighted by Crippen LogP contribution is -2.44. The SMILES string of the molecule is NC1CCCC1NC(=O)c1ccc(F)cc1I. The van der Waals surface area contributed by atoms with E-state index in [0.717, 1.165) is 19.3 Å². The van der Waals surface area contributed by atoms with E-state index in [1.807, 2.05) is 22.6 Å². The zero-order valence-electron chi connectivity index (χ0n) is 9.25. The van der Waals surface area contributed by atoms with Crippen LogP contribution in [0.2, 0.25) is 0 Å². The second kappa shape index (κ2) is 5.30. The molecule has 1 amide bonds. The van der Waals surface area contributed by atoms with Crippen molar-refractivity contribution in [1.29, 1.82) is 0 Å². The van der Waals surface area contributed by atoms with Crippen LogP contribution in [0.15, 0.2) is 18.2 Å². The van der Waals surface area contributed by atoms with E-state index in [4.69, 9.17) is 5.73 Å². The van der Waals surface area contributed by atoms with Gasteiger partial charge in [0.15, 0.2) is 0 Å². The standard InChI is InChI=1S/C12H14FIN2O/c13-7-4-5-8(9(14)6-7)12(17)16-11-3-1-2-10(11)15/h4-6,10-11H,1-3,15H2,(H,16,17). The van der Waals surface area contributed by atoms with Crippen LogP contribution in [0.4, 0.5) is 4.39 Å². The van der Waals surface area contributed by atoms with Crippen molar-refractivity contribution in [2.45, 2.75) is 31.3 Å². The third-order valence-electron chi connectivity index (χ3n) is 3.06. The van der Waals surface area contributed by atoms with Gasteiger partial charge >= 0.3 is 0 Å². The van der Waals surface area contributed by atoms with Crippen LogP contribution >= 0.6 is 22.6 Å². The summed E-state index contributed by atoms with van der Waals surface area (Å²) in [6, 6.07) is 4.24. The van der Waals surface area contributed by atoms with Crippen LogP contribution in [0.3, 0.4) is 0 Å². The largest absolute Gasteiger partial charge is 0.348 e. The number of hydrogen-bond acceptors (Lipinski definition) is 2. The molecule has 17 heavy (non-hydrogen) atoms. The van der Waals surface area contributed by atoms with Gasteiger partial charge in [-0.05, 0) is 60.1 Å². The van der Waals surface area contributed by atoms with Crippen LogP contribution in [-0.4, -0.2) is 18.0 Å². The van der Waals surface area contributed by atoms with E-state index < -0.39 is 0 Å². The quantitative estimate of drug-likeness (QED) is 0.804. The van der Waals surface area contributed by atoms with Gasteiger partial charge in [0.2, 0.25) is 0 Å². The van der Waals surface area contributed by atoms with Gasteiger partial charge in [0.05, 0.1) is 5.56 Å². The van der Waals surface area contributed by atoms with Gasteiger partial charge in [-0.3, -0.25) is 4.79 Å². The summed E-state index contributed by atoms with van der Waals surface area (Å²) in [5, 5.41) is 2.91. The van der Waals surface area contributed by atoms with Crippen molar-refractivity contribution in [3.63, 3.8) is 0 Å². The molecule has 2 atom stereocenters. The van der Waals surface area contributed by atoms with Gasteiger partial charge < -0.3 is 11.1 Å². The first kappa shape index (κ1) is 12.8. The number of carbonyl (C=O) groups excluding carboxylic acids is 1. The number of rotatable bonds is 2. The van der Waals surface area contributed by atoms with E-state index in [9.17, 15) is 9.18 Å². The molecule has 1 saturated carbocycles. The van der Waals surface area contributed by atoms with Gasteiger partial charge in [-0.25, -0.2) is 4.39 Å². The lowest BCUT2D eigenvalue weighted by atomic mass is 10.1. The fourth-order valence-corrected chi connectivity index (χ4v) is 2.81. The predicted molar refractivity (Wildman–Crippen MR) is 72.2 cm³/mol. The summed E-state index contributed by atoms with van der Waals surface area (Å²) < 4.78 is 13.5. The Balaban J connectivity index is 2.09. The average molecular weight is 348 g/mol. The molecule has 92 valence electrons. The lowest BCUT2D eigenvalue weighted by Gasteiger charge is -2.17. The molecule has 0 radical (unpaired) electrons. The summed E-state index contributed by atoms with van der Waals surface area (Å²) in [4.78, 5) is 12.0. The van der Waals surface area contributed by atoms with E-state index in [1.165, 1.54) is 18.2 Å². The highest BCUT2D eigenvalue weighted by atomic mass is 127. The summed E-state index contributed by atoms with van der Waals surface area (Å²) in [5.41, 5.74) is 6.40. The lowest BCUT2D eigenvalue weighted by molar-refractivity contribution is 0.0933. The van der Waals surface area contributed by atoms with E-state index >= 15 is 0 Å². The summed E-state index contributed by atoms with van der Waals surface area (Å²) >= 11 is 1.96. The molecule has 3 N–H and O–H groups in total. The molecule has 0 spiro atoms. The molecular formula is C12H14FIN2O. The molecule has 1 aromatic carbocycles. The smallest absolute Gasteiger partial charge is 0.252 e. The Labute approximate surface area is 113 Å². The highest BCUT2D eigenvalue weighted by molar-refractivity contribution is 14.1. The molecule has 1 fully saturated rings. The Morgan fingerprint density at radius 3 is 2.82 bits per heavy atom. The first-order valence-corrected chi connectivity index (χ1v) is 6.67. The minimum atomic E-state index is -0.330. The number of nitrogens with two attached hydrogens (primary N) is 1. The number of amides is 1. The van der Waals surface area contributed by atoms with Crippen LogP contribution in [0.25, 0.3) is 0 Å². The number of nitrogens with one attached hydrogen (secondary N) is 1. The molecule has 0 aromatic heterocycles. The summed E-state index contributed by atoms with van der Waals surface area (Å²) in [6.07, 6.45) is 2.92. The van der Waals surface area contributed by atoms with Crippen molar-refractivity contribution < 1.29 is 9.18 Å². The molecule has 0 heterocycles. The third kappa shape index (κ3) is 2.95. The van der Waals surface area contributed by atoms with Crippen LogP contribution in [-0.2, 0) is 0 Å². The minimum absolute atomic E-state index is 0.0389. The first-order valence-electron chi connectivity index (χ1n) is 5.59. The summed E-state index contributed by atoms with van der Waals surface area (Å²) in [7, 11) is 0. The Morgan fingerprint density at radius 2 is 2.24 bits per heavy atom. The molecule has 0 aliphatic heterocycles. The Bertz CT molecular complexity index is 439. The molecular weight excluding hydrogens is 334 g/mol. The maximum Gasteiger partial charge on any atom is 0.252 e. The molecule has 1 aromatic rings. The Hall–Kier alpha value is -0.690. The molecule has 3 nitrogen and oxygen atoms in total. The highest BCUT2D eigenvalue weighted by Gasteiger charge is 2.26. The van der Waals surface area contributed by atoms with E-state index in [1.54, 1.807) is 0 Å². The van der Waals surface area contributed by atoms with Crippen molar-refractivity contribution in [2.75, 3.05) is 0 Å². The summed E-state index contributed by atoms with van der Waals surface area (Å²) in [5.74, 6) is -0.500. The molecule has 5 heteroatoms. The average Bonchev–Trinajstić information content (AvgIpc) is 2.64. The third-order valence-corrected chi connectivity index (χ3v) is 3.95. The van der Waals surface area contributed by atoms with Gasteiger partial charge in [0.1, 0.15) is 5.82 Å². The van der Waals surface area contributed by atoms with Gasteiger partial charge in [0, 0.05) is 15.7 Å². The summed E-state index contributed by atoms with van der Waals surface area (Å²) in [6.45, 7) is 0. The van der Waals surface area contributed by atoms with Gasteiger partial charge in [-0.1, -0.05) is 0 Å². The Kier molecular flexibility index (Phi) is 3.98. The molecule has 0 saturated heterocycles. The zero-order chi connectivity index (χ0) is 12.4. The molecule has 1 aliphatic rings. The van der Waals surface area contributed by atoms with E-state index in [2.05, 4.69) is 5.32 Å². The zero-order valence-corrected chi connectivity index (χ0v) is 11.4. The topological polar surface area (TPSA) is 55.1 Å². The van der Waals surface area contributed by atoms with Crippen LogP contribution in [0, 0.1) is 9.39 Å². The predicted octanol–water partition coefficient (Wildman–Crippen LogP) is 2.04. The number of benzene rings is 1. The van der Waals surface area contributed by atoms with Crippen molar-refractivity contribution in [3.8, 4) is 0 Å². The molecule has 2 rings (SSSR count). The molecule has 1 aliphatic carbocycles. The van der Waals surface area contributed by atoms with Crippen LogP contribution in [0.5, 0.6) is 0 Å². The molecule has 2 unspecified atom stereocenters. The fraction of sp³-hybridized carbons (Fsp3) is 0.417. The first-order chi connectivity index (χ1) is 8.08. The van der Waals surface area contributed by atoms with Crippen molar-refractivity contribution in [1.82, 2.24) is 5.32 Å². The molecule has 0 bridgehead atoms.